The van der Waals surface area contributed by atoms with Crippen LogP contribution in [0.2, 0.25) is 0 Å². The molecule has 78 valence electrons. The van der Waals surface area contributed by atoms with Crippen molar-refractivity contribution < 1.29 is 4.52 Å². The Morgan fingerprint density at radius 2 is 2.12 bits per heavy atom. The van der Waals surface area contributed by atoms with Crippen molar-refractivity contribution in [3.63, 3.8) is 0 Å². The maximum atomic E-state index is 5.67. The van der Waals surface area contributed by atoms with E-state index in [1.54, 1.807) is 12.4 Å². The highest BCUT2D eigenvalue weighted by Gasteiger charge is 2.07. The molecule has 3 rings (SSSR count). The molecule has 0 saturated heterocycles. The summed E-state index contributed by atoms with van der Waals surface area (Å²) in [6, 6.07) is 9.85. The minimum atomic E-state index is 0.336. The van der Waals surface area contributed by atoms with Crippen LogP contribution >= 0.6 is 0 Å². The first kappa shape index (κ1) is 8.91. The van der Waals surface area contributed by atoms with Gasteiger partial charge in [0.05, 0.1) is 17.3 Å². The Kier molecular flexibility index (Phi) is 1.86. The smallest absolute Gasteiger partial charge is 0.229 e. The maximum absolute atomic E-state index is 5.67. The largest absolute Gasteiger partial charge is 0.367 e. The van der Waals surface area contributed by atoms with Crippen molar-refractivity contribution in [3.8, 4) is 11.1 Å². The van der Waals surface area contributed by atoms with Gasteiger partial charge in [-0.1, -0.05) is 17.3 Å². The van der Waals surface area contributed by atoms with Crippen molar-refractivity contribution in [2.45, 2.75) is 0 Å². The topological polar surface area (TPSA) is 64.9 Å². The number of nitrogens with two attached hydrogens (primary N) is 1. The first-order valence-corrected chi connectivity index (χ1v) is 4.90. The minimum Gasteiger partial charge on any atom is -0.367 e. The molecule has 0 fully saturated rings. The van der Waals surface area contributed by atoms with E-state index < -0.39 is 0 Å². The van der Waals surface area contributed by atoms with Crippen LogP contribution in [0.25, 0.3) is 22.0 Å². The molecule has 0 amide bonds. The fourth-order valence-electron chi connectivity index (χ4n) is 1.71. The predicted molar refractivity (Wildman–Crippen MR) is 61.7 cm³/mol. The van der Waals surface area contributed by atoms with Gasteiger partial charge in [-0.15, -0.1) is 0 Å². The van der Waals surface area contributed by atoms with E-state index in [2.05, 4.69) is 10.1 Å². The molecule has 4 heteroatoms. The molecule has 2 aromatic heterocycles. The standard InChI is InChI=1S/C12H9N3O/c13-12-10(7-15-16-12)8-3-4-11-9(6-8)2-1-5-14-11/h1-7H,13H2. The number of rotatable bonds is 1. The zero-order chi connectivity index (χ0) is 11.0. The summed E-state index contributed by atoms with van der Waals surface area (Å²) >= 11 is 0. The third-order valence-electron chi connectivity index (χ3n) is 2.51. The van der Waals surface area contributed by atoms with Gasteiger partial charge in [0.1, 0.15) is 0 Å². The molecule has 0 saturated carbocycles. The van der Waals surface area contributed by atoms with Gasteiger partial charge in [-0.2, -0.15) is 0 Å². The molecular formula is C12H9N3O. The summed E-state index contributed by atoms with van der Waals surface area (Å²) in [6.07, 6.45) is 3.39. The lowest BCUT2D eigenvalue weighted by molar-refractivity contribution is 0.436. The quantitative estimate of drug-likeness (QED) is 0.671. The monoisotopic (exact) mass is 211 g/mol. The van der Waals surface area contributed by atoms with E-state index in [1.165, 1.54) is 0 Å². The van der Waals surface area contributed by atoms with Crippen molar-refractivity contribution in [3.05, 3.63) is 42.7 Å². The summed E-state index contributed by atoms with van der Waals surface area (Å²) < 4.78 is 4.84. The zero-order valence-corrected chi connectivity index (χ0v) is 8.42. The average Bonchev–Trinajstić information content (AvgIpc) is 2.75. The number of pyridine rings is 1. The van der Waals surface area contributed by atoms with Gasteiger partial charge in [-0.3, -0.25) is 4.98 Å². The van der Waals surface area contributed by atoms with E-state index in [9.17, 15) is 0 Å². The van der Waals surface area contributed by atoms with E-state index in [-0.39, 0.29) is 0 Å². The second kappa shape index (κ2) is 3.34. The first-order chi connectivity index (χ1) is 7.84. The lowest BCUT2D eigenvalue weighted by atomic mass is 10.1. The summed E-state index contributed by atoms with van der Waals surface area (Å²) in [4.78, 5) is 4.26. The Hall–Kier alpha value is -2.36. The molecule has 0 spiro atoms. The van der Waals surface area contributed by atoms with Crippen LogP contribution in [-0.4, -0.2) is 10.1 Å². The summed E-state index contributed by atoms with van der Waals surface area (Å²) in [7, 11) is 0. The number of hydrogen-bond acceptors (Lipinski definition) is 4. The van der Waals surface area contributed by atoms with E-state index in [0.29, 0.717) is 5.88 Å². The van der Waals surface area contributed by atoms with Gasteiger partial charge in [0, 0.05) is 11.6 Å². The third-order valence-corrected chi connectivity index (χ3v) is 2.51. The second-order valence-corrected chi connectivity index (χ2v) is 3.51. The van der Waals surface area contributed by atoms with Crippen LogP contribution in [0.1, 0.15) is 0 Å². The van der Waals surface area contributed by atoms with Crippen LogP contribution in [0.4, 0.5) is 5.88 Å². The summed E-state index contributed by atoms with van der Waals surface area (Å²) in [6.45, 7) is 0. The molecule has 0 atom stereocenters. The van der Waals surface area contributed by atoms with Gasteiger partial charge in [0.15, 0.2) is 0 Å². The third kappa shape index (κ3) is 1.32. The van der Waals surface area contributed by atoms with Gasteiger partial charge < -0.3 is 10.3 Å². The molecule has 0 bridgehead atoms. The fraction of sp³-hybridized carbons (Fsp3) is 0. The summed E-state index contributed by atoms with van der Waals surface area (Å²) in [5.41, 5.74) is 8.43. The Morgan fingerprint density at radius 1 is 1.19 bits per heavy atom. The van der Waals surface area contributed by atoms with Crippen LogP contribution in [-0.2, 0) is 0 Å². The SMILES string of the molecule is Nc1oncc1-c1ccc2ncccc2c1. The summed E-state index contributed by atoms with van der Waals surface area (Å²) in [5, 5.41) is 4.73. The van der Waals surface area contributed by atoms with Crippen LogP contribution in [0.3, 0.4) is 0 Å². The van der Waals surface area contributed by atoms with Gasteiger partial charge in [-0.25, -0.2) is 0 Å². The normalized spacial score (nSPS) is 10.8. The number of anilines is 1. The van der Waals surface area contributed by atoms with Crippen molar-refractivity contribution >= 4 is 16.8 Å². The predicted octanol–water partition coefficient (Wildman–Crippen LogP) is 2.47. The highest BCUT2D eigenvalue weighted by atomic mass is 16.5. The second-order valence-electron chi connectivity index (χ2n) is 3.51. The van der Waals surface area contributed by atoms with E-state index in [1.807, 2.05) is 30.3 Å². The Balaban J connectivity index is 2.23. The van der Waals surface area contributed by atoms with Gasteiger partial charge in [-0.05, 0) is 23.8 Å². The van der Waals surface area contributed by atoms with E-state index in [4.69, 9.17) is 10.3 Å². The van der Waals surface area contributed by atoms with E-state index >= 15 is 0 Å². The van der Waals surface area contributed by atoms with Crippen molar-refractivity contribution in [1.29, 1.82) is 0 Å². The number of nitrogen functional groups attached to an aromatic ring is 1. The Morgan fingerprint density at radius 3 is 2.94 bits per heavy atom. The average molecular weight is 211 g/mol. The number of aromatic nitrogens is 2. The van der Waals surface area contributed by atoms with Crippen LogP contribution in [0, 0.1) is 0 Å². The van der Waals surface area contributed by atoms with Gasteiger partial charge in [0.2, 0.25) is 5.88 Å². The molecule has 2 heterocycles. The van der Waals surface area contributed by atoms with Crippen molar-refractivity contribution in [1.82, 2.24) is 10.1 Å². The highest BCUT2D eigenvalue weighted by molar-refractivity contribution is 5.85. The molecule has 0 aliphatic carbocycles. The zero-order valence-electron chi connectivity index (χ0n) is 8.42. The van der Waals surface area contributed by atoms with Crippen LogP contribution < -0.4 is 5.73 Å². The van der Waals surface area contributed by atoms with Crippen molar-refractivity contribution in [2.75, 3.05) is 5.73 Å². The molecule has 0 unspecified atom stereocenters. The molecule has 3 aromatic rings. The maximum Gasteiger partial charge on any atom is 0.229 e. The highest BCUT2D eigenvalue weighted by Crippen LogP contribution is 2.27. The molecule has 0 aliphatic rings. The van der Waals surface area contributed by atoms with E-state index in [0.717, 1.165) is 22.0 Å². The number of benzene rings is 1. The number of nitrogens with zero attached hydrogens (tertiary/aromatic N) is 2. The summed E-state index contributed by atoms with van der Waals surface area (Å²) in [5.74, 6) is 0.336. The molecule has 16 heavy (non-hydrogen) atoms. The number of hydrogen-bond donors (Lipinski definition) is 1. The molecular weight excluding hydrogens is 202 g/mol. The molecule has 2 N–H and O–H groups in total. The minimum absolute atomic E-state index is 0.336. The molecule has 1 aromatic carbocycles. The molecule has 4 nitrogen and oxygen atoms in total. The lowest BCUT2D eigenvalue weighted by Crippen LogP contribution is -1.85. The van der Waals surface area contributed by atoms with Gasteiger partial charge in [0.25, 0.3) is 0 Å². The van der Waals surface area contributed by atoms with Crippen LogP contribution in [0.5, 0.6) is 0 Å². The van der Waals surface area contributed by atoms with Crippen LogP contribution in [0.15, 0.2) is 47.2 Å². The molecule has 0 aliphatic heterocycles. The number of fused-ring (bicyclic) bond motifs is 1. The van der Waals surface area contributed by atoms with Crippen molar-refractivity contribution in [2.24, 2.45) is 0 Å². The molecule has 0 radical (unpaired) electrons. The van der Waals surface area contributed by atoms with Gasteiger partial charge >= 0.3 is 0 Å². The lowest BCUT2D eigenvalue weighted by Gasteiger charge is -2.00. The Bertz CT molecular complexity index is 645. The Labute approximate surface area is 91.7 Å². The first-order valence-electron chi connectivity index (χ1n) is 4.90. The fourth-order valence-corrected chi connectivity index (χ4v) is 1.71.